The van der Waals surface area contributed by atoms with Crippen molar-refractivity contribution in [1.29, 1.82) is 0 Å². The Labute approximate surface area is 560 Å². The Kier molecular flexibility index (Phi) is 24.8. The number of aryl methyl sites for hydroxylation is 3. The van der Waals surface area contributed by atoms with E-state index in [2.05, 4.69) is 88.6 Å². The molecule has 7 fully saturated rings. The van der Waals surface area contributed by atoms with Gasteiger partial charge in [0.2, 0.25) is 0 Å². The van der Waals surface area contributed by atoms with Crippen LogP contribution >= 0.6 is 0 Å². The summed E-state index contributed by atoms with van der Waals surface area (Å²) < 4.78 is 37.7. The van der Waals surface area contributed by atoms with Crippen molar-refractivity contribution >= 4 is 40.4 Å². The maximum Gasteiger partial charge on any atom is 2.00 e. The van der Waals surface area contributed by atoms with Gasteiger partial charge >= 0.3 is 23.1 Å². The molecule has 16 atom stereocenters. The average Bonchev–Trinajstić information content (AvgIpc) is 1.78. The van der Waals surface area contributed by atoms with Crippen LogP contribution in [0.2, 0.25) is 0 Å². The van der Waals surface area contributed by atoms with Crippen LogP contribution in [0.15, 0.2) is 66.7 Å². The molecule has 5 saturated carbocycles. The molecule has 0 bridgehead atoms. The van der Waals surface area contributed by atoms with E-state index in [4.69, 9.17) is 38.3 Å². The minimum absolute atomic E-state index is 0. The summed E-state index contributed by atoms with van der Waals surface area (Å²) in [4.78, 5) is 38.3. The summed E-state index contributed by atoms with van der Waals surface area (Å²) in [6.07, 6.45) is 32.3. The minimum atomic E-state index is -0.120. The van der Waals surface area contributed by atoms with Crippen LogP contribution < -0.4 is 31.2 Å². The Hall–Kier alpha value is -3.14. The number of aliphatic hydroxyl groups is 1. The number of hydrogen-bond acceptors (Lipinski definition) is 11. The van der Waals surface area contributed by atoms with Crippen LogP contribution in [-0.2, 0) is 52.6 Å². The summed E-state index contributed by atoms with van der Waals surface area (Å²) in [5.74, 6) is 10.6. The molecular weight excluding hydrogens is 1190 g/mol. The van der Waals surface area contributed by atoms with Crippen molar-refractivity contribution in [3.63, 3.8) is 0 Å². The van der Waals surface area contributed by atoms with Crippen LogP contribution in [0.1, 0.15) is 220 Å². The monoisotopic (exact) mass is 1300 g/mol. The van der Waals surface area contributed by atoms with Crippen LogP contribution in [0, 0.1) is 70.7 Å². The maximum absolute atomic E-state index is 13.2. The molecule has 14 rings (SSSR count). The van der Waals surface area contributed by atoms with Crippen molar-refractivity contribution in [2.45, 2.75) is 218 Å². The zero-order chi connectivity index (χ0) is 60.9. The third kappa shape index (κ3) is 14.7. The third-order valence-corrected chi connectivity index (χ3v) is 24.5. The SMILES string of the molecule is COc1ccc2c(c1)CC[C@@H]1[C@@H]2CC[C@]2(C)C(=O)C=C[C@@H]12.COc1ccc2c(c1)CC[C@H]1[C@@H]3[C@H](CCCCO)CC(=O)[C@@]3(C)CC[C@H]21.COc1ccc2c(c1)CC[C@H]1[C@@H]3[C@H](CCCCOC4CCCCO4)CC(=O)[C@@]3(C)CC[C@H]21.[Br-].[CH2-]OC1CCCCO1.[Mg+2]. The van der Waals surface area contributed by atoms with Gasteiger partial charge in [-0.1, -0.05) is 57.9 Å². The number of aliphatic hydroxyl groups excluding tert-OH is 1. The molecule has 2 unspecified atom stereocenters. The fourth-order valence-electron chi connectivity index (χ4n) is 19.9. The van der Waals surface area contributed by atoms with Gasteiger partial charge in [-0.3, -0.25) is 14.4 Å². The number of ether oxygens (including phenoxy) is 7. The first-order chi connectivity index (χ1) is 42.2. The summed E-state index contributed by atoms with van der Waals surface area (Å²) >= 11 is 0. The quantitative estimate of drug-likeness (QED) is 0.0938. The number of halogens is 1. The molecule has 0 aromatic heterocycles. The largest absolute Gasteiger partial charge is 2.00 e. The van der Waals surface area contributed by atoms with Crippen molar-refractivity contribution in [2.24, 2.45) is 63.6 Å². The van der Waals surface area contributed by atoms with E-state index in [0.717, 1.165) is 159 Å². The van der Waals surface area contributed by atoms with Gasteiger partial charge in [0.1, 0.15) is 35.1 Å². The fraction of sp³-hybridized carbons (Fsp3) is 0.684. The van der Waals surface area contributed by atoms with Gasteiger partial charge in [-0.15, -0.1) is 0 Å². The van der Waals surface area contributed by atoms with Crippen LogP contribution in [0.5, 0.6) is 17.2 Å². The fourth-order valence-corrected chi connectivity index (χ4v) is 19.9. The number of fused-ring (bicyclic) bond motifs is 15. The summed E-state index contributed by atoms with van der Waals surface area (Å²) in [5, 5.41) is 9.14. The molecule has 0 amide bonds. The van der Waals surface area contributed by atoms with E-state index in [1.165, 1.54) is 78.3 Å². The standard InChI is InChI=1S/C28H40O4.C23H32O3.C19H22O2.C6H11O2.BrH.Mg/c1-28-14-13-23-22-12-10-21(30-2)17-19(22)9-11-24(23)27(28)20(18-25(28)29)7-3-5-15-31-26-8-4-6-16-32-26;1-23-11-10-19-18-9-7-17(26-2)13-15(18)6-8-20(19)22(23)16(14-21(23)25)5-3-4-12-24;1-19-10-9-15-14-6-4-13(21-2)11-12(14)3-5-16(15)17(19)7-8-18(19)20;1-7-6-4-2-3-5-8-6;;/h10,12,17,20,23-24,26-27H,3-9,11,13-16,18H2,1-2H3;7,9,13,16,19-20,22,24H,3-6,8,10-12,14H2,1-2H3;4,6-8,11,15-17H,3,5,9-10H2,1-2H3;6H,1-5H2;1H;/q;;;-1;;+2/p-1/t20-,23-,24-,26?,27+,28-;16-,19-,20-,22+,23-;15-,16-,17+,19+;;;/m111.../s1. The number of methoxy groups -OCH3 is 3. The molecule has 89 heavy (non-hydrogen) atoms. The molecule has 3 aromatic rings. The van der Waals surface area contributed by atoms with Crippen molar-refractivity contribution in [1.82, 2.24) is 0 Å². The number of ketones is 3. The topological polar surface area (TPSA) is 136 Å². The second kappa shape index (κ2) is 31.4. The predicted octanol–water partition coefficient (Wildman–Crippen LogP) is 12.4. The Bertz CT molecular complexity index is 2880. The zero-order valence-electron chi connectivity index (χ0n) is 54.9. The zero-order valence-corrected chi connectivity index (χ0v) is 57.9. The number of rotatable bonds is 14. The number of allylic oxidation sites excluding steroid dienone is 2. The van der Waals surface area contributed by atoms with Gasteiger partial charge in [-0.05, 0) is 282 Å². The van der Waals surface area contributed by atoms with E-state index in [-0.39, 0.29) is 75.5 Å². The van der Waals surface area contributed by atoms with Crippen molar-refractivity contribution in [2.75, 3.05) is 47.8 Å². The molecule has 2 heterocycles. The molecule has 0 radical (unpaired) electrons. The van der Waals surface area contributed by atoms with E-state index < -0.39 is 0 Å². The molecule has 3 aromatic carbocycles. The summed E-state index contributed by atoms with van der Waals surface area (Å²) in [7, 11) is 8.50. The first-order valence-corrected chi connectivity index (χ1v) is 34.4. The van der Waals surface area contributed by atoms with Crippen molar-refractivity contribution in [3.05, 3.63) is 107 Å². The van der Waals surface area contributed by atoms with E-state index in [1.807, 2.05) is 6.08 Å². The van der Waals surface area contributed by atoms with E-state index in [0.29, 0.717) is 82.4 Å². The normalized spacial score (nSPS) is 34.9. The minimum Gasteiger partial charge on any atom is -1.00 e. The molecular formula is C76H105BrMgO11. The first-order valence-electron chi connectivity index (χ1n) is 34.4. The number of Topliss-reactive ketones (excluding diaryl/α,β-unsaturated/α-hetero) is 2. The Morgan fingerprint density at radius 3 is 1.42 bits per heavy atom. The van der Waals surface area contributed by atoms with Crippen molar-refractivity contribution < 1.29 is 69.6 Å². The second-order valence-corrected chi connectivity index (χ2v) is 28.9. The van der Waals surface area contributed by atoms with Gasteiger partial charge in [-0.2, -0.15) is 0 Å². The van der Waals surface area contributed by atoms with Gasteiger partial charge < -0.3 is 55.2 Å². The molecule has 0 spiro atoms. The molecule has 11 aliphatic rings. The summed E-state index contributed by atoms with van der Waals surface area (Å²) in [6, 6.07) is 19.8. The van der Waals surface area contributed by atoms with Gasteiger partial charge in [0.05, 0.1) is 21.3 Å². The molecule has 13 heteroatoms. The number of carbonyl (C=O) groups is 3. The van der Waals surface area contributed by atoms with Crippen molar-refractivity contribution in [3.8, 4) is 17.2 Å². The smallest absolute Gasteiger partial charge is 1.00 e. The maximum atomic E-state index is 13.2. The summed E-state index contributed by atoms with van der Waals surface area (Å²) in [6.45, 7) is 9.46. The molecule has 2 aliphatic heterocycles. The molecule has 9 aliphatic carbocycles. The average molecular weight is 1300 g/mol. The van der Waals surface area contributed by atoms with Gasteiger partial charge in [-0.25, -0.2) is 7.11 Å². The molecule has 484 valence electrons. The number of benzene rings is 3. The number of hydrogen-bond donors (Lipinski definition) is 1. The predicted molar refractivity (Wildman–Crippen MR) is 346 cm³/mol. The van der Waals surface area contributed by atoms with Gasteiger partial charge in [0.25, 0.3) is 0 Å². The molecule has 11 nitrogen and oxygen atoms in total. The van der Waals surface area contributed by atoms with Crippen LogP contribution in [-0.4, -0.2) is 106 Å². The van der Waals surface area contributed by atoms with Crippen LogP contribution in [0.25, 0.3) is 0 Å². The third-order valence-electron chi connectivity index (χ3n) is 24.5. The van der Waals surface area contributed by atoms with E-state index >= 15 is 0 Å². The van der Waals surface area contributed by atoms with Gasteiger partial charge in [0.15, 0.2) is 12.1 Å². The first kappa shape index (κ1) is 70.2. The van der Waals surface area contributed by atoms with Gasteiger partial charge in [0, 0.05) is 55.5 Å². The number of carbonyl (C=O) groups excluding carboxylic acids is 3. The second-order valence-electron chi connectivity index (χ2n) is 28.9. The molecule has 1 N–H and O–H groups in total. The Morgan fingerprint density at radius 1 is 0.551 bits per heavy atom. The van der Waals surface area contributed by atoms with Crippen LogP contribution in [0.4, 0.5) is 0 Å². The number of unbranched alkanes of at least 4 members (excludes halogenated alkanes) is 2. The Balaban J connectivity index is 0.000000150. The van der Waals surface area contributed by atoms with E-state index in [1.54, 1.807) is 21.3 Å². The van der Waals surface area contributed by atoms with E-state index in [9.17, 15) is 14.4 Å². The Morgan fingerprint density at radius 2 is 0.989 bits per heavy atom. The van der Waals surface area contributed by atoms with Crippen LogP contribution in [0.3, 0.4) is 0 Å². The molecule has 2 saturated heterocycles. The summed E-state index contributed by atoms with van der Waals surface area (Å²) in [5.41, 5.74) is 8.60.